The first kappa shape index (κ1) is 14.9. The van der Waals surface area contributed by atoms with Crippen LogP contribution in [0.2, 0.25) is 0 Å². The molecule has 0 spiro atoms. The molecule has 104 valence electrons. The van der Waals surface area contributed by atoms with Gasteiger partial charge in [0.1, 0.15) is 6.42 Å². The van der Waals surface area contributed by atoms with E-state index in [9.17, 15) is 19.8 Å². The summed E-state index contributed by atoms with van der Waals surface area (Å²) in [4.78, 5) is 22.0. The van der Waals surface area contributed by atoms with E-state index in [-0.39, 0.29) is 19.1 Å². The quantitative estimate of drug-likeness (QED) is 0.498. The minimum absolute atomic E-state index is 0.000931. The third kappa shape index (κ3) is 3.68. The summed E-state index contributed by atoms with van der Waals surface area (Å²) in [7, 11) is 0. The van der Waals surface area contributed by atoms with E-state index in [1.165, 1.54) is 0 Å². The molecule has 1 aliphatic carbocycles. The second-order valence-electron chi connectivity index (χ2n) is 4.93. The molecule has 1 saturated carbocycles. The normalized spacial score (nSPS) is 17.4. The van der Waals surface area contributed by atoms with Crippen molar-refractivity contribution in [1.29, 1.82) is 0 Å². The fourth-order valence-corrected chi connectivity index (χ4v) is 2.60. The average Bonchev–Trinajstić information content (AvgIpc) is 2.36. The lowest BCUT2D eigenvalue weighted by Gasteiger charge is -2.40. The molecule has 0 bridgehead atoms. The Morgan fingerprint density at radius 2 is 1.67 bits per heavy atom. The van der Waals surface area contributed by atoms with E-state index in [1.54, 1.807) is 0 Å². The van der Waals surface area contributed by atoms with Crippen molar-refractivity contribution in [3.63, 3.8) is 0 Å². The summed E-state index contributed by atoms with van der Waals surface area (Å²) in [5.74, 6) is -1.89. The zero-order chi connectivity index (χ0) is 13.6. The average molecular weight is 259 g/mol. The first-order chi connectivity index (χ1) is 8.54. The monoisotopic (exact) mass is 259 g/mol. The Hall–Kier alpha value is -1.14. The number of hydrogen-bond donors (Lipinski definition) is 4. The Morgan fingerprint density at radius 3 is 2.11 bits per heavy atom. The van der Waals surface area contributed by atoms with Crippen molar-refractivity contribution in [3.8, 4) is 0 Å². The third-order valence-corrected chi connectivity index (χ3v) is 3.65. The fraction of sp³-hybridized carbons (Fsp3) is 0.833. The highest BCUT2D eigenvalue weighted by molar-refractivity contribution is 5.93. The van der Waals surface area contributed by atoms with Crippen molar-refractivity contribution in [2.45, 2.75) is 44.1 Å². The highest BCUT2D eigenvalue weighted by atomic mass is 16.4. The smallest absolute Gasteiger partial charge is 0.312 e. The van der Waals surface area contributed by atoms with Crippen LogP contribution >= 0.6 is 0 Å². The predicted octanol–water partition coefficient (Wildman–Crippen LogP) is -0.119. The van der Waals surface area contributed by atoms with E-state index in [4.69, 9.17) is 5.11 Å². The van der Waals surface area contributed by atoms with Gasteiger partial charge in [-0.1, -0.05) is 19.3 Å². The van der Waals surface area contributed by atoms with E-state index in [1.807, 2.05) is 0 Å². The summed E-state index contributed by atoms with van der Waals surface area (Å²) >= 11 is 0. The van der Waals surface area contributed by atoms with Gasteiger partial charge in [-0.05, 0) is 18.8 Å². The minimum Gasteiger partial charge on any atom is -0.481 e. The maximum Gasteiger partial charge on any atom is 0.312 e. The Balaban J connectivity index is 2.71. The van der Waals surface area contributed by atoms with Crippen molar-refractivity contribution in [3.05, 3.63) is 0 Å². The first-order valence-electron chi connectivity index (χ1n) is 6.28. The molecule has 0 unspecified atom stereocenters. The lowest BCUT2D eigenvalue weighted by atomic mass is 9.75. The van der Waals surface area contributed by atoms with E-state index >= 15 is 0 Å². The SMILES string of the molecule is O=C(O)CC(=O)NC(CO)(CO)C1CCCCC1. The van der Waals surface area contributed by atoms with Gasteiger partial charge in [-0.3, -0.25) is 9.59 Å². The van der Waals surface area contributed by atoms with Crippen LogP contribution in [-0.4, -0.2) is 45.9 Å². The van der Waals surface area contributed by atoms with Crippen molar-refractivity contribution in [2.24, 2.45) is 5.92 Å². The summed E-state index contributed by atoms with van der Waals surface area (Å²) in [6, 6.07) is 0. The molecule has 6 nitrogen and oxygen atoms in total. The van der Waals surface area contributed by atoms with Gasteiger partial charge >= 0.3 is 5.97 Å². The van der Waals surface area contributed by atoms with Gasteiger partial charge in [0, 0.05) is 0 Å². The van der Waals surface area contributed by atoms with Crippen LogP contribution in [0, 0.1) is 5.92 Å². The predicted molar refractivity (Wildman–Crippen MR) is 63.9 cm³/mol. The number of carboxylic acids is 1. The molecule has 0 aromatic rings. The van der Waals surface area contributed by atoms with E-state index in [2.05, 4.69) is 5.32 Å². The van der Waals surface area contributed by atoms with Crippen LogP contribution in [0.15, 0.2) is 0 Å². The van der Waals surface area contributed by atoms with Crippen molar-refractivity contribution in [1.82, 2.24) is 5.32 Å². The van der Waals surface area contributed by atoms with Crippen molar-refractivity contribution < 1.29 is 24.9 Å². The number of amides is 1. The molecular weight excluding hydrogens is 238 g/mol. The highest BCUT2D eigenvalue weighted by Gasteiger charge is 2.39. The molecule has 1 rings (SSSR count). The molecule has 0 atom stereocenters. The second kappa shape index (κ2) is 6.70. The molecular formula is C12H21NO5. The number of aliphatic hydroxyl groups is 2. The van der Waals surface area contributed by atoms with Gasteiger partial charge in [-0.15, -0.1) is 0 Å². The molecule has 1 fully saturated rings. The summed E-state index contributed by atoms with van der Waals surface area (Å²) in [6.07, 6.45) is 4.13. The zero-order valence-electron chi connectivity index (χ0n) is 10.4. The molecule has 0 saturated heterocycles. The van der Waals surface area contributed by atoms with Crippen LogP contribution in [0.4, 0.5) is 0 Å². The molecule has 0 aliphatic heterocycles. The number of carboxylic acid groups (broad SMARTS) is 1. The number of aliphatic hydroxyl groups excluding tert-OH is 2. The van der Waals surface area contributed by atoms with Gasteiger partial charge < -0.3 is 20.6 Å². The van der Waals surface area contributed by atoms with Crippen LogP contribution in [0.5, 0.6) is 0 Å². The molecule has 6 heteroatoms. The fourth-order valence-electron chi connectivity index (χ4n) is 2.60. The Morgan fingerprint density at radius 1 is 1.11 bits per heavy atom. The van der Waals surface area contributed by atoms with Crippen LogP contribution in [-0.2, 0) is 9.59 Å². The zero-order valence-corrected chi connectivity index (χ0v) is 10.4. The topological polar surface area (TPSA) is 107 Å². The van der Waals surface area contributed by atoms with Crippen LogP contribution < -0.4 is 5.32 Å². The third-order valence-electron chi connectivity index (χ3n) is 3.65. The van der Waals surface area contributed by atoms with Crippen molar-refractivity contribution in [2.75, 3.05) is 13.2 Å². The highest BCUT2D eigenvalue weighted by Crippen LogP contribution is 2.32. The first-order valence-corrected chi connectivity index (χ1v) is 6.28. The van der Waals surface area contributed by atoms with Crippen LogP contribution in [0.1, 0.15) is 38.5 Å². The number of aliphatic carboxylic acids is 1. The number of carbonyl (C=O) groups is 2. The number of hydrogen-bond acceptors (Lipinski definition) is 4. The second-order valence-corrected chi connectivity index (χ2v) is 4.93. The van der Waals surface area contributed by atoms with E-state index < -0.39 is 23.8 Å². The maximum atomic E-state index is 11.5. The van der Waals surface area contributed by atoms with Crippen LogP contribution in [0.3, 0.4) is 0 Å². The Kier molecular flexibility index (Phi) is 5.55. The summed E-state index contributed by atoms with van der Waals surface area (Å²) in [5.41, 5.74) is -1.09. The lowest BCUT2D eigenvalue weighted by Crippen LogP contribution is -2.59. The van der Waals surface area contributed by atoms with Gasteiger partial charge in [0.15, 0.2) is 0 Å². The largest absolute Gasteiger partial charge is 0.481 e. The number of nitrogens with one attached hydrogen (secondary N) is 1. The van der Waals surface area contributed by atoms with Gasteiger partial charge in [-0.2, -0.15) is 0 Å². The summed E-state index contributed by atoms with van der Waals surface area (Å²) in [6.45, 7) is -0.751. The van der Waals surface area contributed by atoms with E-state index in [0.29, 0.717) is 0 Å². The molecule has 0 aromatic heterocycles. The molecule has 1 amide bonds. The van der Waals surface area contributed by atoms with Gasteiger partial charge in [-0.25, -0.2) is 0 Å². The molecule has 4 N–H and O–H groups in total. The number of rotatable bonds is 6. The lowest BCUT2D eigenvalue weighted by molar-refractivity contribution is -0.142. The Bertz CT molecular complexity index is 295. The van der Waals surface area contributed by atoms with Gasteiger partial charge in [0.05, 0.1) is 18.8 Å². The molecule has 18 heavy (non-hydrogen) atoms. The van der Waals surface area contributed by atoms with Gasteiger partial charge in [0.25, 0.3) is 0 Å². The maximum absolute atomic E-state index is 11.5. The molecule has 0 radical (unpaired) electrons. The van der Waals surface area contributed by atoms with Crippen LogP contribution in [0.25, 0.3) is 0 Å². The van der Waals surface area contributed by atoms with Crippen molar-refractivity contribution >= 4 is 11.9 Å². The number of carbonyl (C=O) groups excluding carboxylic acids is 1. The molecule has 0 aromatic carbocycles. The van der Waals surface area contributed by atoms with E-state index in [0.717, 1.165) is 32.1 Å². The van der Waals surface area contributed by atoms with Gasteiger partial charge in [0.2, 0.25) is 5.91 Å². The molecule has 1 aliphatic rings. The summed E-state index contributed by atoms with van der Waals surface area (Å²) < 4.78 is 0. The molecule has 0 heterocycles. The summed E-state index contributed by atoms with van der Waals surface area (Å²) in [5, 5.41) is 30.0. The standard InChI is InChI=1S/C12H21NO5/c14-7-12(8-15,9-4-2-1-3-5-9)13-10(16)6-11(17)18/h9,14-15H,1-8H2,(H,13,16)(H,17,18). The Labute approximate surface area is 106 Å². The minimum atomic E-state index is -1.22.